The van der Waals surface area contributed by atoms with E-state index in [9.17, 15) is 19.5 Å². The van der Waals surface area contributed by atoms with Crippen molar-refractivity contribution in [3.8, 4) is 0 Å². The van der Waals surface area contributed by atoms with Crippen LogP contribution in [0.4, 0.5) is 0 Å². The number of aliphatic carboxylic acids is 1. The third-order valence-corrected chi connectivity index (χ3v) is 4.69. The van der Waals surface area contributed by atoms with Crippen LogP contribution in [-0.4, -0.2) is 28.7 Å². The molecule has 5 heteroatoms. The van der Waals surface area contributed by atoms with Gasteiger partial charge < -0.3 is 9.90 Å². The van der Waals surface area contributed by atoms with Crippen molar-refractivity contribution in [3.63, 3.8) is 0 Å². The molecule has 5 nitrogen and oxygen atoms in total. The number of rotatable bonds is 2. The standard InChI is InChI=1S/C12H15NO4/c1-5(12(16)17)13-10(14)8-6-2-3-7(4-6)9(8)11(13)15/h5-9H,2-4H2,1H3,(H,16,17)/p-1/t5-,6-,7+,8-,9+/m0/s1. The van der Waals surface area contributed by atoms with Crippen molar-refractivity contribution in [3.05, 3.63) is 0 Å². The first-order valence-electron chi connectivity index (χ1n) is 6.10. The highest BCUT2D eigenvalue weighted by Gasteiger charge is 2.61. The van der Waals surface area contributed by atoms with Gasteiger partial charge in [0.1, 0.15) is 0 Å². The summed E-state index contributed by atoms with van der Waals surface area (Å²) in [5, 5.41) is 10.8. The molecule has 1 saturated heterocycles. The van der Waals surface area contributed by atoms with Crippen molar-refractivity contribution in [2.75, 3.05) is 0 Å². The van der Waals surface area contributed by atoms with E-state index in [4.69, 9.17) is 0 Å². The van der Waals surface area contributed by atoms with Crippen LogP contribution in [0.1, 0.15) is 26.2 Å². The third kappa shape index (κ3) is 1.22. The molecule has 3 rings (SSSR count). The molecular weight excluding hydrogens is 222 g/mol. The van der Waals surface area contributed by atoms with Gasteiger partial charge in [-0.1, -0.05) is 0 Å². The smallest absolute Gasteiger partial charge is 0.233 e. The number of fused-ring (bicyclic) bond motifs is 5. The number of carbonyl (C=O) groups is 3. The Morgan fingerprint density at radius 3 is 2.12 bits per heavy atom. The molecular formula is C12H14NO4-. The minimum atomic E-state index is -1.36. The molecule has 2 bridgehead atoms. The Bertz CT molecular complexity index is 391. The summed E-state index contributed by atoms with van der Waals surface area (Å²) < 4.78 is 0. The number of imide groups is 1. The van der Waals surface area contributed by atoms with Gasteiger partial charge in [0.25, 0.3) is 0 Å². The van der Waals surface area contributed by atoms with Crippen molar-refractivity contribution >= 4 is 17.8 Å². The molecule has 2 saturated carbocycles. The Morgan fingerprint density at radius 1 is 1.24 bits per heavy atom. The van der Waals surface area contributed by atoms with Crippen LogP contribution in [0.25, 0.3) is 0 Å². The van der Waals surface area contributed by atoms with Crippen molar-refractivity contribution < 1.29 is 19.5 Å². The van der Waals surface area contributed by atoms with Gasteiger partial charge in [-0.2, -0.15) is 0 Å². The predicted molar refractivity (Wildman–Crippen MR) is 54.1 cm³/mol. The van der Waals surface area contributed by atoms with E-state index in [1.54, 1.807) is 0 Å². The maximum absolute atomic E-state index is 12.1. The zero-order valence-corrected chi connectivity index (χ0v) is 9.59. The minimum Gasteiger partial charge on any atom is -0.548 e. The van der Waals surface area contributed by atoms with Gasteiger partial charge in [0, 0.05) is 0 Å². The fraction of sp³-hybridized carbons (Fsp3) is 0.750. The summed E-state index contributed by atoms with van der Waals surface area (Å²) in [5.74, 6) is -1.85. The SMILES string of the molecule is C[C@@H](C(=O)[O-])N1C(=O)[C@@H]2[C@@H]3CC[C@@H](C3)[C@@H]2C1=O. The molecule has 92 valence electrons. The summed E-state index contributed by atoms with van der Waals surface area (Å²) in [7, 11) is 0. The largest absolute Gasteiger partial charge is 0.548 e. The van der Waals surface area contributed by atoms with Gasteiger partial charge in [-0.05, 0) is 38.0 Å². The molecule has 0 unspecified atom stereocenters. The molecule has 0 aromatic heterocycles. The molecule has 0 spiro atoms. The molecule has 5 atom stereocenters. The van der Waals surface area contributed by atoms with Crippen molar-refractivity contribution in [2.24, 2.45) is 23.7 Å². The Morgan fingerprint density at radius 2 is 1.71 bits per heavy atom. The summed E-state index contributed by atoms with van der Waals surface area (Å²) >= 11 is 0. The van der Waals surface area contributed by atoms with Crippen LogP contribution in [0.3, 0.4) is 0 Å². The monoisotopic (exact) mass is 236 g/mol. The lowest BCUT2D eigenvalue weighted by Gasteiger charge is -2.24. The second kappa shape index (κ2) is 3.31. The topological polar surface area (TPSA) is 77.5 Å². The molecule has 1 aliphatic heterocycles. The first-order valence-corrected chi connectivity index (χ1v) is 6.10. The van der Waals surface area contributed by atoms with E-state index in [1.807, 2.05) is 0 Å². The van der Waals surface area contributed by atoms with Crippen molar-refractivity contribution in [1.82, 2.24) is 4.90 Å². The molecule has 3 aliphatic rings. The van der Waals surface area contributed by atoms with Crippen LogP contribution in [0, 0.1) is 23.7 Å². The number of carboxylic acid groups (broad SMARTS) is 1. The lowest BCUT2D eigenvalue weighted by molar-refractivity contribution is -0.310. The number of nitrogens with zero attached hydrogens (tertiary/aromatic N) is 1. The van der Waals surface area contributed by atoms with Gasteiger partial charge in [-0.15, -0.1) is 0 Å². The second-order valence-corrected chi connectivity index (χ2v) is 5.43. The second-order valence-electron chi connectivity index (χ2n) is 5.43. The predicted octanol–water partition coefficient (Wildman–Crippen LogP) is -0.844. The molecule has 2 amide bonds. The average Bonchev–Trinajstić information content (AvgIpc) is 2.92. The van der Waals surface area contributed by atoms with Crippen molar-refractivity contribution in [2.45, 2.75) is 32.2 Å². The van der Waals surface area contributed by atoms with Gasteiger partial charge in [0.2, 0.25) is 11.8 Å². The quantitative estimate of drug-likeness (QED) is 0.585. The highest BCUT2D eigenvalue weighted by Crippen LogP contribution is 2.56. The zero-order chi connectivity index (χ0) is 12.3. The lowest BCUT2D eigenvalue weighted by atomic mass is 9.81. The van der Waals surface area contributed by atoms with E-state index < -0.39 is 12.0 Å². The fourth-order valence-corrected chi connectivity index (χ4v) is 3.92. The number of carboxylic acids is 1. The number of hydrogen-bond acceptors (Lipinski definition) is 4. The van der Waals surface area contributed by atoms with Gasteiger partial charge in [0.05, 0.1) is 23.8 Å². The number of hydrogen-bond donors (Lipinski definition) is 0. The van der Waals surface area contributed by atoms with E-state index >= 15 is 0 Å². The molecule has 2 aliphatic carbocycles. The maximum atomic E-state index is 12.1. The highest BCUT2D eigenvalue weighted by atomic mass is 16.4. The van der Waals surface area contributed by atoms with Crippen LogP contribution in [0.15, 0.2) is 0 Å². The summed E-state index contributed by atoms with van der Waals surface area (Å²) in [6.45, 7) is 1.34. The Kier molecular flexibility index (Phi) is 2.09. The van der Waals surface area contributed by atoms with E-state index in [0.717, 1.165) is 24.2 Å². The zero-order valence-electron chi connectivity index (χ0n) is 9.59. The molecule has 0 aromatic rings. The molecule has 0 radical (unpaired) electrons. The van der Waals surface area contributed by atoms with Gasteiger partial charge >= 0.3 is 0 Å². The van der Waals surface area contributed by atoms with E-state index in [2.05, 4.69) is 0 Å². The number of carbonyl (C=O) groups excluding carboxylic acids is 3. The summed E-state index contributed by atoms with van der Waals surface area (Å²) in [6, 6.07) is -1.14. The molecule has 3 fully saturated rings. The molecule has 1 heterocycles. The fourth-order valence-electron chi connectivity index (χ4n) is 3.92. The summed E-state index contributed by atoms with van der Waals surface area (Å²) in [4.78, 5) is 36.0. The first kappa shape index (κ1) is 10.7. The molecule has 0 N–H and O–H groups in total. The number of likely N-dealkylation sites (tertiary alicyclic amines) is 1. The number of amides is 2. The van der Waals surface area contributed by atoms with Gasteiger partial charge in [-0.25, -0.2) is 0 Å². The Hall–Kier alpha value is -1.39. The van der Waals surface area contributed by atoms with E-state index in [-0.39, 0.29) is 23.7 Å². The van der Waals surface area contributed by atoms with Crippen LogP contribution in [0.2, 0.25) is 0 Å². The van der Waals surface area contributed by atoms with Crippen LogP contribution < -0.4 is 5.11 Å². The third-order valence-electron chi connectivity index (χ3n) is 4.69. The van der Waals surface area contributed by atoms with Crippen LogP contribution in [-0.2, 0) is 14.4 Å². The summed E-state index contributed by atoms with van der Waals surface area (Å²) in [6.07, 6.45) is 2.96. The van der Waals surface area contributed by atoms with Gasteiger partial charge in [0.15, 0.2) is 0 Å². The lowest BCUT2D eigenvalue weighted by Crippen LogP contribution is -2.49. The molecule has 0 aromatic carbocycles. The normalized spacial score (nSPS) is 40.9. The Labute approximate surface area is 98.8 Å². The Balaban J connectivity index is 1.93. The highest BCUT2D eigenvalue weighted by molar-refractivity contribution is 6.08. The summed E-state index contributed by atoms with van der Waals surface area (Å²) in [5.41, 5.74) is 0. The maximum Gasteiger partial charge on any atom is 0.233 e. The molecule has 17 heavy (non-hydrogen) atoms. The van der Waals surface area contributed by atoms with E-state index in [1.165, 1.54) is 6.92 Å². The minimum absolute atomic E-state index is 0.247. The van der Waals surface area contributed by atoms with Crippen LogP contribution >= 0.6 is 0 Å². The van der Waals surface area contributed by atoms with Gasteiger partial charge in [-0.3, -0.25) is 14.5 Å². The first-order chi connectivity index (χ1) is 8.02. The van der Waals surface area contributed by atoms with Crippen LogP contribution in [0.5, 0.6) is 0 Å². The van der Waals surface area contributed by atoms with Crippen molar-refractivity contribution in [1.29, 1.82) is 0 Å². The van der Waals surface area contributed by atoms with E-state index in [0.29, 0.717) is 11.8 Å². The average molecular weight is 236 g/mol.